The smallest absolute Gasteiger partial charge is 0.415 e. The summed E-state index contributed by atoms with van der Waals surface area (Å²) in [5.74, 6) is -0.389. The number of nitrogens with zero attached hydrogens (tertiary/aromatic N) is 1. The van der Waals surface area contributed by atoms with E-state index in [1.54, 1.807) is 40.0 Å². The van der Waals surface area contributed by atoms with E-state index >= 15 is 0 Å². The normalized spacial score (nSPS) is 10.9. The number of carboxylic acids is 1. The molecule has 2 aromatic rings. The summed E-state index contributed by atoms with van der Waals surface area (Å²) in [5, 5.41) is 9.13. The van der Waals surface area contributed by atoms with Crippen molar-refractivity contribution in [3.8, 4) is 16.9 Å². The van der Waals surface area contributed by atoms with Crippen molar-refractivity contribution in [2.45, 2.75) is 26.4 Å². The molecule has 0 aromatic heterocycles. The summed E-state index contributed by atoms with van der Waals surface area (Å²) in [6.45, 7) is 4.71. The van der Waals surface area contributed by atoms with Crippen molar-refractivity contribution in [1.29, 1.82) is 0 Å². The minimum absolute atomic E-state index is 0.445. The van der Waals surface area contributed by atoms with Crippen LogP contribution in [-0.2, 0) is 9.53 Å². The average molecular weight is 357 g/mol. The molecule has 0 heterocycles. The summed E-state index contributed by atoms with van der Waals surface area (Å²) in [6.07, 6.45) is -0.704. The van der Waals surface area contributed by atoms with Gasteiger partial charge in [0, 0.05) is 11.3 Å². The number of ether oxygens (including phenoxy) is 2. The van der Waals surface area contributed by atoms with Crippen molar-refractivity contribution < 1.29 is 24.2 Å². The fourth-order valence-electron chi connectivity index (χ4n) is 2.42. The summed E-state index contributed by atoms with van der Waals surface area (Å²) < 4.78 is 10.7. The molecule has 2 aromatic carbocycles. The number of aliphatic carboxylic acids is 1. The van der Waals surface area contributed by atoms with E-state index in [1.165, 1.54) is 0 Å². The average Bonchev–Trinajstić information content (AvgIpc) is 2.58. The molecule has 6 heteroatoms. The van der Waals surface area contributed by atoms with E-state index < -0.39 is 24.2 Å². The Morgan fingerprint density at radius 2 is 1.65 bits per heavy atom. The van der Waals surface area contributed by atoms with Crippen molar-refractivity contribution in [2.24, 2.45) is 0 Å². The highest BCUT2D eigenvalue weighted by Gasteiger charge is 2.25. The number of hydrogen-bond donors (Lipinski definition) is 1. The third-order valence-electron chi connectivity index (χ3n) is 3.50. The van der Waals surface area contributed by atoms with Crippen LogP contribution in [0.5, 0.6) is 5.75 Å². The summed E-state index contributed by atoms with van der Waals surface area (Å²) >= 11 is 0. The van der Waals surface area contributed by atoms with Crippen LogP contribution in [0, 0.1) is 0 Å². The number of amides is 1. The zero-order valence-corrected chi connectivity index (χ0v) is 15.4. The van der Waals surface area contributed by atoms with E-state index in [1.807, 2.05) is 36.4 Å². The quantitative estimate of drug-likeness (QED) is 0.868. The van der Waals surface area contributed by atoms with Gasteiger partial charge in [0.25, 0.3) is 0 Å². The zero-order chi connectivity index (χ0) is 19.3. The maximum absolute atomic E-state index is 12.4. The first-order valence-corrected chi connectivity index (χ1v) is 8.17. The lowest BCUT2D eigenvalue weighted by Gasteiger charge is -2.26. The Balaban J connectivity index is 2.32. The summed E-state index contributed by atoms with van der Waals surface area (Å²) in [5.41, 5.74) is 1.53. The highest BCUT2D eigenvalue weighted by molar-refractivity contribution is 5.93. The first-order valence-electron chi connectivity index (χ1n) is 8.17. The van der Waals surface area contributed by atoms with Crippen molar-refractivity contribution in [3.63, 3.8) is 0 Å². The Kier molecular flexibility index (Phi) is 5.87. The van der Waals surface area contributed by atoms with Gasteiger partial charge in [-0.2, -0.15) is 0 Å². The molecule has 0 atom stereocenters. The molecule has 0 bridgehead atoms. The zero-order valence-electron chi connectivity index (χ0n) is 15.4. The van der Waals surface area contributed by atoms with E-state index in [9.17, 15) is 9.59 Å². The molecule has 0 unspecified atom stereocenters. The van der Waals surface area contributed by atoms with Crippen LogP contribution in [0.25, 0.3) is 11.1 Å². The van der Waals surface area contributed by atoms with Crippen LogP contribution in [-0.4, -0.2) is 36.4 Å². The van der Waals surface area contributed by atoms with Crippen LogP contribution in [0.1, 0.15) is 20.8 Å². The number of benzene rings is 2. The number of hydrogen-bond acceptors (Lipinski definition) is 4. The number of carbonyl (C=O) groups is 2. The standard InChI is InChI=1S/C20H23NO5/c1-20(2,3)26-19(24)21(13-18(22)23)15-11-9-14(10-12-15)16-7-5-6-8-17(16)25-4/h5-12H,13H2,1-4H3,(H,22,23). The van der Waals surface area contributed by atoms with Crippen LogP contribution in [0.15, 0.2) is 48.5 Å². The Labute approximate surface area is 153 Å². The first kappa shape index (κ1) is 19.3. The third-order valence-corrected chi connectivity index (χ3v) is 3.50. The van der Waals surface area contributed by atoms with Crippen LogP contribution in [0.2, 0.25) is 0 Å². The maximum Gasteiger partial charge on any atom is 0.415 e. The van der Waals surface area contributed by atoms with Gasteiger partial charge in [-0.15, -0.1) is 0 Å². The SMILES string of the molecule is COc1ccccc1-c1ccc(N(CC(=O)O)C(=O)OC(C)(C)C)cc1. The van der Waals surface area contributed by atoms with Gasteiger partial charge in [-0.3, -0.25) is 9.69 Å². The second-order valence-electron chi connectivity index (χ2n) is 6.71. The summed E-state index contributed by atoms with van der Waals surface area (Å²) in [4.78, 5) is 24.6. The van der Waals surface area contributed by atoms with Crippen LogP contribution in [0.4, 0.5) is 10.5 Å². The molecule has 1 amide bonds. The predicted molar refractivity (Wildman–Crippen MR) is 99.6 cm³/mol. The number of rotatable bonds is 5. The summed E-state index contributed by atoms with van der Waals surface area (Å²) in [6, 6.07) is 14.6. The van der Waals surface area contributed by atoms with Crippen LogP contribution in [0.3, 0.4) is 0 Å². The highest BCUT2D eigenvalue weighted by atomic mass is 16.6. The molecule has 0 aliphatic rings. The monoisotopic (exact) mass is 357 g/mol. The fourth-order valence-corrected chi connectivity index (χ4v) is 2.42. The largest absolute Gasteiger partial charge is 0.496 e. The molecule has 0 aliphatic heterocycles. The first-order chi connectivity index (χ1) is 12.2. The van der Waals surface area contributed by atoms with Gasteiger partial charge in [0.1, 0.15) is 17.9 Å². The van der Waals surface area contributed by atoms with Crippen molar-refractivity contribution in [2.75, 3.05) is 18.6 Å². The number of para-hydroxylation sites is 1. The van der Waals surface area contributed by atoms with Gasteiger partial charge in [-0.25, -0.2) is 4.79 Å². The van der Waals surface area contributed by atoms with Crippen molar-refractivity contribution in [1.82, 2.24) is 0 Å². The lowest BCUT2D eigenvalue weighted by Crippen LogP contribution is -2.40. The van der Waals surface area contributed by atoms with E-state index in [4.69, 9.17) is 14.6 Å². The maximum atomic E-state index is 12.4. The number of carboxylic acid groups (broad SMARTS) is 1. The minimum atomic E-state index is -1.12. The number of carbonyl (C=O) groups excluding carboxylic acids is 1. The molecule has 0 saturated heterocycles. The topological polar surface area (TPSA) is 76.1 Å². The fraction of sp³-hybridized carbons (Fsp3) is 0.300. The van der Waals surface area contributed by atoms with Gasteiger partial charge in [0.15, 0.2) is 0 Å². The molecule has 2 rings (SSSR count). The number of anilines is 1. The summed E-state index contributed by atoms with van der Waals surface area (Å²) in [7, 11) is 1.60. The molecule has 0 fully saturated rings. The second-order valence-corrected chi connectivity index (χ2v) is 6.71. The van der Waals surface area contributed by atoms with Gasteiger partial charge in [-0.1, -0.05) is 30.3 Å². The van der Waals surface area contributed by atoms with Crippen LogP contribution < -0.4 is 9.64 Å². The predicted octanol–water partition coefficient (Wildman–Crippen LogP) is 4.19. The molecule has 6 nitrogen and oxygen atoms in total. The molecule has 0 saturated carbocycles. The Morgan fingerprint density at radius 1 is 1.04 bits per heavy atom. The van der Waals surface area contributed by atoms with Crippen LogP contribution >= 0.6 is 0 Å². The molecule has 0 radical (unpaired) electrons. The Morgan fingerprint density at radius 3 is 2.19 bits per heavy atom. The lowest BCUT2D eigenvalue weighted by molar-refractivity contribution is -0.135. The second kappa shape index (κ2) is 7.91. The van der Waals surface area contributed by atoms with E-state index in [0.717, 1.165) is 21.8 Å². The molecule has 138 valence electrons. The number of methoxy groups -OCH3 is 1. The molecule has 1 N–H and O–H groups in total. The van der Waals surface area contributed by atoms with Gasteiger partial charge in [-0.05, 0) is 44.5 Å². The van der Waals surface area contributed by atoms with Gasteiger partial charge < -0.3 is 14.6 Å². The molecular formula is C20H23NO5. The van der Waals surface area contributed by atoms with Crippen molar-refractivity contribution in [3.05, 3.63) is 48.5 Å². The van der Waals surface area contributed by atoms with Gasteiger partial charge >= 0.3 is 12.1 Å². The molecule has 0 aliphatic carbocycles. The Bertz CT molecular complexity index is 778. The molecule has 0 spiro atoms. The minimum Gasteiger partial charge on any atom is -0.496 e. The highest BCUT2D eigenvalue weighted by Crippen LogP contribution is 2.31. The van der Waals surface area contributed by atoms with Gasteiger partial charge in [0.2, 0.25) is 0 Å². The third kappa shape index (κ3) is 4.99. The Hall–Kier alpha value is -3.02. The molecule has 26 heavy (non-hydrogen) atoms. The van der Waals surface area contributed by atoms with E-state index in [2.05, 4.69) is 0 Å². The van der Waals surface area contributed by atoms with E-state index in [-0.39, 0.29) is 0 Å². The molecular weight excluding hydrogens is 334 g/mol. The lowest BCUT2D eigenvalue weighted by atomic mass is 10.0. The van der Waals surface area contributed by atoms with Gasteiger partial charge in [0.05, 0.1) is 7.11 Å². The van der Waals surface area contributed by atoms with E-state index in [0.29, 0.717) is 5.69 Å². The van der Waals surface area contributed by atoms with Crippen molar-refractivity contribution >= 4 is 17.7 Å².